The van der Waals surface area contributed by atoms with Gasteiger partial charge in [0.1, 0.15) is 11.6 Å². The van der Waals surface area contributed by atoms with E-state index in [-0.39, 0.29) is 11.6 Å². The fraction of sp³-hybridized carbons (Fsp3) is 0. The van der Waals surface area contributed by atoms with Crippen LogP contribution in [-0.4, -0.2) is 0 Å². The summed E-state index contributed by atoms with van der Waals surface area (Å²) in [6.07, 6.45) is 1.86. The molecule has 0 bridgehead atoms. The Bertz CT molecular complexity index is 386. The molecule has 0 N–H and O–H groups in total. The molecule has 0 aliphatic heterocycles. The summed E-state index contributed by atoms with van der Waals surface area (Å²) in [6.45, 7) is 0. The second-order valence-electron chi connectivity index (χ2n) is 3.25. The first-order valence-corrected chi connectivity index (χ1v) is 4.60. The van der Waals surface area contributed by atoms with Gasteiger partial charge >= 0.3 is 0 Å². The molecule has 2 rings (SSSR count). The minimum absolute atomic E-state index is 0.258. The van der Waals surface area contributed by atoms with Gasteiger partial charge in [-0.2, -0.15) is 0 Å². The van der Waals surface area contributed by atoms with Crippen LogP contribution < -0.4 is 0 Å². The average molecular weight is 203 g/mol. The highest BCUT2D eigenvalue weighted by molar-refractivity contribution is 5.36. The fourth-order valence-electron chi connectivity index (χ4n) is 1.31. The van der Waals surface area contributed by atoms with Crippen LogP contribution in [0.25, 0.3) is 0 Å². The van der Waals surface area contributed by atoms with E-state index in [4.69, 9.17) is 0 Å². The first kappa shape index (κ1) is 9.71. The fourth-order valence-corrected chi connectivity index (χ4v) is 1.31. The molecule has 2 aromatic rings. The van der Waals surface area contributed by atoms with Crippen molar-refractivity contribution in [1.29, 1.82) is 0 Å². The maximum atomic E-state index is 12.6. The van der Waals surface area contributed by atoms with Crippen LogP contribution in [0.15, 0.2) is 48.5 Å². The van der Waals surface area contributed by atoms with Crippen LogP contribution in [0.1, 0.15) is 11.1 Å². The van der Waals surface area contributed by atoms with Gasteiger partial charge in [0.15, 0.2) is 0 Å². The van der Waals surface area contributed by atoms with Crippen LogP contribution in [0.2, 0.25) is 0 Å². The summed E-state index contributed by atoms with van der Waals surface area (Å²) in [5, 5.41) is 0. The molecular formula is C13H9F2+. The first-order valence-electron chi connectivity index (χ1n) is 4.60. The van der Waals surface area contributed by atoms with Gasteiger partial charge in [-0.3, -0.25) is 0 Å². The van der Waals surface area contributed by atoms with Gasteiger partial charge in [0.2, 0.25) is 0 Å². The van der Waals surface area contributed by atoms with Crippen molar-refractivity contribution >= 4 is 0 Å². The molecule has 74 valence electrons. The number of benzene rings is 2. The zero-order chi connectivity index (χ0) is 10.7. The van der Waals surface area contributed by atoms with Crippen molar-refractivity contribution in [1.82, 2.24) is 0 Å². The highest BCUT2D eigenvalue weighted by atomic mass is 19.1. The van der Waals surface area contributed by atoms with E-state index in [0.29, 0.717) is 0 Å². The van der Waals surface area contributed by atoms with Gasteiger partial charge in [-0.1, -0.05) is 0 Å². The van der Waals surface area contributed by atoms with Gasteiger partial charge in [-0.05, 0) is 0 Å². The van der Waals surface area contributed by atoms with Gasteiger partial charge in [0, 0.05) is 55.0 Å². The van der Waals surface area contributed by atoms with Gasteiger partial charge in [-0.15, -0.1) is 0 Å². The van der Waals surface area contributed by atoms with Gasteiger partial charge in [-0.25, -0.2) is 8.78 Å². The highest BCUT2D eigenvalue weighted by Gasteiger charge is 2.03. The van der Waals surface area contributed by atoms with Gasteiger partial charge in [0.05, 0.1) is 11.1 Å². The van der Waals surface area contributed by atoms with Crippen molar-refractivity contribution in [2.24, 2.45) is 0 Å². The Hall–Kier alpha value is -1.83. The van der Waals surface area contributed by atoms with Gasteiger partial charge in [0.25, 0.3) is 0 Å². The van der Waals surface area contributed by atoms with E-state index < -0.39 is 0 Å². The molecule has 0 radical (unpaired) electrons. The van der Waals surface area contributed by atoms with Crippen molar-refractivity contribution in [2.75, 3.05) is 0 Å². The maximum absolute atomic E-state index is 12.6. The third kappa shape index (κ3) is 2.56. The van der Waals surface area contributed by atoms with E-state index >= 15 is 0 Å². The first-order chi connectivity index (χ1) is 7.24. The summed E-state index contributed by atoms with van der Waals surface area (Å²) < 4.78 is 25.2. The lowest BCUT2D eigenvalue weighted by Gasteiger charge is -1.94. The molecule has 0 spiro atoms. The second-order valence-corrected chi connectivity index (χ2v) is 3.25. The number of hydrogen-bond acceptors (Lipinski definition) is 0. The zero-order valence-corrected chi connectivity index (χ0v) is 7.95. The molecule has 0 aliphatic rings. The SMILES string of the molecule is Fc1ccc([CH+]c2ccc(F)cc2)cc1. The zero-order valence-electron chi connectivity index (χ0n) is 7.95. The molecule has 0 saturated carbocycles. The Morgan fingerprint density at radius 1 is 0.600 bits per heavy atom. The van der Waals surface area contributed by atoms with E-state index in [1.165, 1.54) is 24.3 Å². The van der Waals surface area contributed by atoms with Crippen LogP contribution in [0.5, 0.6) is 0 Å². The Balaban J connectivity index is 2.15. The minimum atomic E-state index is -0.258. The Morgan fingerprint density at radius 2 is 0.933 bits per heavy atom. The Morgan fingerprint density at radius 3 is 1.27 bits per heavy atom. The van der Waals surface area contributed by atoms with Crippen molar-refractivity contribution < 1.29 is 8.78 Å². The molecule has 0 saturated heterocycles. The third-order valence-corrected chi connectivity index (χ3v) is 2.07. The van der Waals surface area contributed by atoms with Crippen molar-refractivity contribution in [3.05, 3.63) is 77.7 Å². The normalized spacial score (nSPS) is 10.0. The summed E-state index contributed by atoms with van der Waals surface area (Å²) in [5.74, 6) is -0.516. The quantitative estimate of drug-likeness (QED) is 0.654. The predicted molar refractivity (Wildman–Crippen MR) is 55.3 cm³/mol. The summed E-state index contributed by atoms with van der Waals surface area (Å²) in [4.78, 5) is 0. The molecular weight excluding hydrogens is 194 g/mol. The molecule has 2 heteroatoms. The maximum Gasteiger partial charge on any atom is 0.138 e. The molecule has 0 atom stereocenters. The minimum Gasteiger partial charge on any atom is -0.205 e. The molecule has 0 aromatic heterocycles. The standard InChI is InChI=1S/C13H9F2/c14-12-5-1-10(2-6-12)9-11-3-7-13(15)8-4-11/h1-9H/q+1. The van der Waals surface area contributed by atoms with Crippen LogP contribution in [-0.2, 0) is 0 Å². The topological polar surface area (TPSA) is 0 Å². The largest absolute Gasteiger partial charge is 0.205 e. The molecule has 15 heavy (non-hydrogen) atoms. The molecule has 0 heterocycles. The lowest BCUT2D eigenvalue weighted by Crippen LogP contribution is -1.85. The smallest absolute Gasteiger partial charge is 0.138 e. The van der Waals surface area contributed by atoms with Crippen molar-refractivity contribution in [3.63, 3.8) is 0 Å². The predicted octanol–water partition coefficient (Wildman–Crippen LogP) is 3.57. The van der Waals surface area contributed by atoms with Crippen molar-refractivity contribution in [3.8, 4) is 0 Å². The molecule has 0 unspecified atom stereocenters. The lowest BCUT2D eigenvalue weighted by molar-refractivity contribution is 0.627. The van der Waals surface area contributed by atoms with E-state index in [9.17, 15) is 8.78 Å². The van der Waals surface area contributed by atoms with E-state index in [2.05, 4.69) is 0 Å². The van der Waals surface area contributed by atoms with Crippen LogP contribution >= 0.6 is 0 Å². The molecule has 0 aliphatic carbocycles. The van der Waals surface area contributed by atoms with E-state index in [1.54, 1.807) is 24.3 Å². The monoisotopic (exact) mass is 203 g/mol. The Kier molecular flexibility index (Phi) is 2.68. The molecule has 2 aromatic carbocycles. The van der Waals surface area contributed by atoms with E-state index in [1.807, 2.05) is 6.42 Å². The molecule has 0 fully saturated rings. The summed E-state index contributed by atoms with van der Waals surface area (Å²) in [6, 6.07) is 12.3. The van der Waals surface area contributed by atoms with Gasteiger partial charge < -0.3 is 0 Å². The highest BCUT2D eigenvalue weighted by Crippen LogP contribution is 2.12. The number of hydrogen-bond donors (Lipinski definition) is 0. The number of halogens is 2. The van der Waals surface area contributed by atoms with Crippen LogP contribution in [0, 0.1) is 18.1 Å². The van der Waals surface area contributed by atoms with Crippen LogP contribution in [0.3, 0.4) is 0 Å². The third-order valence-electron chi connectivity index (χ3n) is 2.07. The summed E-state index contributed by atoms with van der Waals surface area (Å²) >= 11 is 0. The van der Waals surface area contributed by atoms with Crippen molar-refractivity contribution in [2.45, 2.75) is 0 Å². The summed E-state index contributed by atoms with van der Waals surface area (Å²) in [5.41, 5.74) is 1.78. The summed E-state index contributed by atoms with van der Waals surface area (Å²) in [7, 11) is 0. The average Bonchev–Trinajstić information content (AvgIpc) is 2.25. The van der Waals surface area contributed by atoms with Crippen LogP contribution in [0.4, 0.5) is 8.78 Å². The Labute approximate surface area is 87.2 Å². The molecule has 0 nitrogen and oxygen atoms in total. The van der Waals surface area contributed by atoms with E-state index in [0.717, 1.165) is 11.1 Å². The number of rotatable bonds is 2. The lowest BCUT2D eigenvalue weighted by atomic mass is 10.1. The second kappa shape index (κ2) is 4.13. The molecule has 0 amide bonds.